The molecule has 0 rings (SSSR count). The Labute approximate surface area is 167 Å². The zero-order valence-corrected chi connectivity index (χ0v) is 19.7. The van der Waals surface area contributed by atoms with E-state index in [9.17, 15) is 25.3 Å². The van der Waals surface area contributed by atoms with Gasteiger partial charge in [-0.15, -0.1) is 0 Å². The summed E-state index contributed by atoms with van der Waals surface area (Å²) in [6, 6.07) is 0. The van der Waals surface area contributed by atoms with E-state index in [2.05, 4.69) is 19.0 Å². The van der Waals surface area contributed by atoms with Crippen molar-refractivity contribution in [1.82, 2.24) is 0 Å². The molecule has 0 fully saturated rings. The van der Waals surface area contributed by atoms with Crippen LogP contribution in [0, 0.1) is 0 Å². The molecule has 0 saturated carbocycles. The summed E-state index contributed by atoms with van der Waals surface area (Å²) in [5.41, 5.74) is 0. The first-order valence-corrected chi connectivity index (χ1v) is 14.0. The molecule has 168 valence electrons. The van der Waals surface area contributed by atoms with Crippen LogP contribution in [0.1, 0.15) is 40.5 Å². The van der Waals surface area contributed by atoms with Crippen molar-refractivity contribution in [2.24, 2.45) is 0 Å². The monoisotopic (exact) mass is 478 g/mol. The number of rotatable bonds is 8. The van der Waals surface area contributed by atoms with Crippen LogP contribution in [0.25, 0.3) is 0 Å². The van der Waals surface area contributed by atoms with Crippen LogP contribution in [-0.2, 0) is 37.7 Å². The average molecular weight is 479 g/mol. The van der Waals surface area contributed by atoms with Crippen molar-refractivity contribution in [1.29, 1.82) is 0 Å². The van der Waals surface area contributed by atoms with Crippen molar-refractivity contribution in [3.05, 3.63) is 0 Å². The molecule has 14 heteroatoms. The third-order valence-corrected chi connectivity index (χ3v) is 3.38. The highest BCUT2D eigenvalue weighted by atomic mass is 35.7. The van der Waals surface area contributed by atoms with Gasteiger partial charge in [-0.3, -0.25) is 8.37 Å². The largest absolute Gasteiger partial charge is 0.393 e. The maximum absolute atomic E-state index is 10.7. The molecule has 0 aromatic rings. The number of halogens is 1. The third-order valence-electron chi connectivity index (χ3n) is 2.02. The fourth-order valence-electron chi connectivity index (χ4n) is 1.64. The van der Waals surface area contributed by atoms with Crippen LogP contribution in [0.3, 0.4) is 0 Å². The van der Waals surface area contributed by atoms with Gasteiger partial charge in [0.2, 0.25) is 9.05 Å². The molecule has 0 heterocycles. The van der Waals surface area contributed by atoms with Crippen molar-refractivity contribution >= 4 is 40.0 Å². The standard InChI is InChI=1S/C7H16O6S2.C5H12O2.CH3ClO2S/c1-6(12-14(3,8)9)5-7(2)13-15(4,10)11;1-4(6)3-5(2)7;1-5(2,3)4/h6-7H,5H2,1-4H3;4-7H,3H2,1-2H3;1H3/t6-,7+;4-,5-;/m.1./s1. The molecule has 0 aliphatic carbocycles. The van der Waals surface area contributed by atoms with Crippen molar-refractivity contribution < 1.29 is 43.8 Å². The molecule has 0 aromatic heterocycles. The molecule has 0 aliphatic rings. The van der Waals surface area contributed by atoms with Gasteiger partial charge in [0.25, 0.3) is 20.2 Å². The minimum atomic E-state index is -3.52. The van der Waals surface area contributed by atoms with Crippen molar-refractivity contribution in [3.63, 3.8) is 0 Å². The van der Waals surface area contributed by atoms with Gasteiger partial charge < -0.3 is 10.2 Å². The van der Waals surface area contributed by atoms with Crippen LogP contribution in [0.15, 0.2) is 0 Å². The lowest BCUT2D eigenvalue weighted by Crippen LogP contribution is -2.22. The molecule has 2 N–H and O–H groups in total. The Bertz CT molecular complexity index is 632. The summed E-state index contributed by atoms with van der Waals surface area (Å²) in [7, 11) is -5.73. The van der Waals surface area contributed by atoms with E-state index in [0.717, 1.165) is 18.8 Å². The lowest BCUT2D eigenvalue weighted by atomic mass is 10.2. The molecule has 10 nitrogen and oxygen atoms in total. The van der Waals surface area contributed by atoms with Crippen LogP contribution >= 0.6 is 10.7 Å². The molecule has 0 spiro atoms. The Hall–Kier alpha value is -0.0200. The minimum Gasteiger partial charge on any atom is -0.393 e. The van der Waals surface area contributed by atoms with Crippen LogP contribution in [0.2, 0.25) is 0 Å². The van der Waals surface area contributed by atoms with Crippen LogP contribution in [-0.4, -0.2) is 78.6 Å². The van der Waals surface area contributed by atoms with Crippen LogP contribution in [0.4, 0.5) is 0 Å². The van der Waals surface area contributed by atoms with Crippen LogP contribution in [0.5, 0.6) is 0 Å². The molecule has 0 amide bonds. The highest BCUT2D eigenvalue weighted by molar-refractivity contribution is 8.13. The van der Waals surface area contributed by atoms with E-state index in [-0.39, 0.29) is 18.6 Å². The van der Waals surface area contributed by atoms with Crippen molar-refractivity contribution in [2.75, 3.05) is 18.8 Å². The molecule has 0 radical (unpaired) electrons. The average Bonchev–Trinajstić information content (AvgIpc) is 2.17. The molecule has 0 aromatic carbocycles. The van der Waals surface area contributed by atoms with E-state index < -0.39 is 41.5 Å². The van der Waals surface area contributed by atoms with Gasteiger partial charge in [-0.1, -0.05) is 0 Å². The Balaban J connectivity index is -0.000000396. The molecule has 0 saturated heterocycles. The predicted octanol–water partition coefficient (Wildman–Crippen LogP) is 0.429. The van der Waals surface area contributed by atoms with Gasteiger partial charge in [-0.05, 0) is 34.1 Å². The van der Waals surface area contributed by atoms with Crippen molar-refractivity contribution in [2.45, 2.75) is 65.0 Å². The molecular weight excluding hydrogens is 448 g/mol. The van der Waals surface area contributed by atoms with Gasteiger partial charge in [-0.2, -0.15) is 16.8 Å². The lowest BCUT2D eigenvalue weighted by Gasteiger charge is -2.15. The predicted molar refractivity (Wildman–Crippen MR) is 104 cm³/mol. The first kappa shape index (κ1) is 31.7. The van der Waals surface area contributed by atoms with E-state index >= 15 is 0 Å². The maximum atomic E-state index is 10.7. The van der Waals surface area contributed by atoms with Gasteiger partial charge in [0.05, 0.1) is 43.2 Å². The maximum Gasteiger partial charge on any atom is 0.264 e. The third kappa shape index (κ3) is 46.2. The molecule has 27 heavy (non-hydrogen) atoms. The Kier molecular flexibility index (Phi) is 16.5. The molecule has 4 atom stereocenters. The Morgan fingerprint density at radius 3 is 1.04 bits per heavy atom. The number of hydrogen-bond donors (Lipinski definition) is 2. The summed E-state index contributed by atoms with van der Waals surface area (Å²) < 4.78 is 70.9. The Morgan fingerprint density at radius 2 is 0.926 bits per heavy atom. The quantitative estimate of drug-likeness (QED) is 0.369. The first-order valence-electron chi connectivity index (χ1n) is 7.64. The van der Waals surface area contributed by atoms with E-state index in [1.54, 1.807) is 13.8 Å². The molecule has 0 unspecified atom stereocenters. The van der Waals surface area contributed by atoms with Gasteiger partial charge >= 0.3 is 0 Å². The zero-order valence-electron chi connectivity index (χ0n) is 16.5. The lowest BCUT2D eigenvalue weighted by molar-refractivity contribution is 0.102. The van der Waals surface area contributed by atoms with E-state index in [4.69, 9.17) is 10.2 Å². The minimum absolute atomic E-state index is 0.181. The van der Waals surface area contributed by atoms with E-state index in [1.807, 2.05) is 0 Å². The second kappa shape index (κ2) is 14.0. The topological polar surface area (TPSA) is 161 Å². The van der Waals surface area contributed by atoms with Gasteiger partial charge in [0, 0.05) is 17.1 Å². The van der Waals surface area contributed by atoms with Gasteiger partial charge in [0.15, 0.2) is 0 Å². The first-order chi connectivity index (χ1) is 11.6. The fraction of sp³-hybridized carbons (Fsp3) is 1.00. The summed E-state index contributed by atoms with van der Waals surface area (Å²) in [5.74, 6) is 0. The summed E-state index contributed by atoms with van der Waals surface area (Å²) in [5, 5.41) is 17.1. The van der Waals surface area contributed by atoms with Crippen LogP contribution < -0.4 is 0 Å². The van der Waals surface area contributed by atoms with E-state index in [1.165, 1.54) is 13.8 Å². The normalized spacial score (nSPS) is 16.7. The zero-order chi connectivity index (χ0) is 22.6. The van der Waals surface area contributed by atoms with Crippen molar-refractivity contribution in [3.8, 4) is 0 Å². The van der Waals surface area contributed by atoms with Gasteiger partial charge in [-0.25, -0.2) is 8.42 Å². The number of aliphatic hydroxyl groups excluding tert-OH is 2. The smallest absolute Gasteiger partial charge is 0.264 e. The second-order valence-electron chi connectivity index (χ2n) is 6.07. The Morgan fingerprint density at radius 1 is 0.704 bits per heavy atom. The molecule has 0 aliphatic heterocycles. The molecule has 0 bridgehead atoms. The summed E-state index contributed by atoms with van der Waals surface area (Å²) in [6.07, 6.45) is 1.47. The summed E-state index contributed by atoms with van der Waals surface area (Å²) in [4.78, 5) is 0. The SMILES string of the molecule is CS(=O)(=O)Cl.C[C@@H](O)C[C@@H](C)O.C[C@H](C[C@H](C)OS(C)(=O)=O)OS(C)(=O)=O. The highest BCUT2D eigenvalue weighted by Crippen LogP contribution is 2.09. The summed E-state index contributed by atoms with van der Waals surface area (Å²) >= 11 is 0. The molecular formula is C13H31ClO10S3. The van der Waals surface area contributed by atoms with Gasteiger partial charge in [0.1, 0.15) is 0 Å². The number of hydrogen-bond acceptors (Lipinski definition) is 10. The van der Waals surface area contributed by atoms with E-state index in [0.29, 0.717) is 6.42 Å². The highest BCUT2D eigenvalue weighted by Gasteiger charge is 2.17. The fourth-order valence-corrected chi connectivity index (χ4v) is 2.99. The second-order valence-corrected chi connectivity index (χ2v) is 12.3. The number of aliphatic hydroxyl groups is 2. The summed E-state index contributed by atoms with van der Waals surface area (Å²) in [6.45, 7) is 6.38.